The molecule has 8 rings (SSSR count). The summed E-state index contributed by atoms with van der Waals surface area (Å²) in [5.74, 6) is -0.733. The predicted octanol–water partition coefficient (Wildman–Crippen LogP) is 11.4. The average Bonchev–Trinajstić information content (AvgIpc) is 3.36. The van der Waals surface area contributed by atoms with Crippen molar-refractivity contribution in [1.82, 2.24) is 19.4 Å². The van der Waals surface area contributed by atoms with Gasteiger partial charge in [-0.25, -0.2) is 26.4 Å². The van der Waals surface area contributed by atoms with Gasteiger partial charge in [0.15, 0.2) is 0 Å². The van der Waals surface area contributed by atoms with Crippen molar-refractivity contribution in [2.45, 2.75) is 82.4 Å². The van der Waals surface area contributed by atoms with E-state index in [0.29, 0.717) is 68.8 Å². The number of halogens is 7. The van der Waals surface area contributed by atoms with Crippen molar-refractivity contribution in [2.24, 2.45) is 10.8 Å². The summed E-state index contributed by atoms with van der Waals surface area (Å²) < 4.78 is 102. The Hall–Kier alpha value is -3.92. The molecule has 2 amide bonds. The second kappa shape index (κ2) is 23.8. The summed E-state index contributed by atoms with van der Waals surface area (Å²) in [6.07, 6.45) is 4.36. The van der Waals surface area contributed by atoms with Crippen LogP contribution in [0.2, 0.25) is 5.02 Å². The standard InChI is InChI=1S/C53H61Cl4F3N6O7S3/c1-50(2)20-18-45(37-8-12-40(54)13-9-37)39(31-50)32-63-26-28-65(29-27-63)42-14-10-38(11-15-42)48(67)62-76(71,72)44-16-17-46(47(30-44)75(69,70)53(58,59)60)61-41(33-74-43-6-4-3-5-7-43)19-23-64-34-51(35-64)21-24-66(25-22-51)49(68)73-36-52(55,56)57/h3-17,30,41,61H,18-29,31-36H2,1-2H3,(H,62,67)/t41-/m1/s1. The van der Waals surface area contributed by atoms with Gasteiger partial charge in [-0.3, -0.25) is 9.69 Å². The van der Waals surface area contributed by atoms with E-state index in [-0.39, 0.29) is 23.0 Å². The lowest BCUT2D eigenvalue weighted by Gasteiger charge is -2.54. The van der Waals surface area contributed by atoms with Crippen molar-refractivity contribution in [3.8, 4) is 0 Å². The number of thioether (sulfide) groups is 1. The van der Waals surface area contributed by atoms with Crippen LogP contribution in [0.4, 0.5) is 29.3 Å². The van der Waals surface area contributed by atoms with Crippen LogP contribution in [-0.2, 0) is 24.6 Å². The van der Waals surface area contributed by atoms with Gasteiger partial charge in [-0.2, -0.15) is 13.2 Å². The Morgan fingerprint density at radius 3 is 2.11 bits per heavy atom. The molecule has 0 radical (unpaired) electrons. The molecule has 3 fully saturated rings. The smallest absolute Gasteiger partial charge is 0.445 e. The molecule has 1 aliphatic carbocycles. The van der Waals surface area contributed by atoms with Gasteiger partial charge in [-0.05, 0) is 127 Å². The Labute approximate surface area is 467 Å². The van der Waals surface area contributed by atoms with Gasteiger partial charge in [0.05, 0.1) is 10.6 Å². The SMILES string of the molecule is CC1(C)CCC(c2ccc(Cl)cc2)=C(CN2CCN(c3ccc(C(=O)NS(=O)(=O)c4ccc(N[C@H](CCN5CC6(CCN(C(=O)OCC(Cl)(Cl)Cl)CC6)C5)CSc5ccccc5)c(S(=O)(=O)C(F)(F)F)c4)cc3)CC2)C1. The van der Waals surface area contributed by atoms with Crippen LogP contribution >= 0.6 is 58.2 Å². The highest BCUT2D eigenvalue weighted by Gasteiger charge is 2.49. The number of nitrogens with one attached hydrogen (secondary N) is 2. The van der Waals surface area contributed by atoms with Crippen molar-refractivity contribution in [2.75, 3.05) is 88.0 Å². The molecule has 1 atom stereocenters. The fraction of sp³-hybridized carbons (Fsp3) is 0.472. The van der Waals surface area contributed by atoms with E-state index in [2.05, 4.69) is 46.0 Å². The van der Waals surface area contributed by atoms with Crippen LogP contribution in [0.1, 0.15) is 68.3 Å². The van der Waals surface area contributed by atoms with Gasteiger partial charge < -0.3 is 24.8 Å². The van der Waals surface area contributed by atoms with E-state index in [4.69, 9.17) is 51.1 Å². The first kappa shape index (κ1) is 58.2. The summed E-state index contributed by atoms with van der Waals surface area (Å²) in [5, 5.41) is 3.72. The number of benzene rings is 4. The fourth-order valence-electron chi connectivity index (χ4n) is 10.4. The summed E-state index contributed by atoms with van der Waals surface area (Å²) in [7, 11) is -11.0. The van der Waals surface area contributed by atoms with Crippen LogP contribution in [0.5, 0.6) is 0 Å². The molecular weight excluding hydrogens is 1130 g/mol. The maximum atomic E-state index is 14.4. The Morgan fingerprint density at radius 1 is 0.816 bits per heavy atom. The number of ether oxygens (including phenoxy) is 1. The van der Waals surface area contributed by atoms with Gasteiger partial charge in [0, 0.05) is 98.4 Å². The maximum Gasteiger partial charge on any atom is 0.501 e. The Bertz CT molecular complexity index is 2960. The monoisotopic (exact) mass is 1190 g/mol. The third-order valence-corrected chi connectivity index (χ3v) is 19.2. The topological polar surface area (TPSA) is 149 Å². The van der Waals surface area contributed by atoms with Crippen LogP contribution in [-0.4, -0.2) is 137 Å². The average molecular weight is 1190 g/mol. The lowest BCUT2D eigenvalue weighted by atomic mass is 9.72. The molecule has 4 aromatic rings. The third-order valence-electron chi connectivity index (χ3n) is 14.6. The van der Waals surface area contributed by atoms with Gasteiger partial charge in [-0.1, -0.05) is 96.2 Å². The number of carbonyl (C=O) groups excluding carboxylic acids is 2. The fourth-order valence-corrected chi connectivity index (χ4v) is 13.7. The quantitative estimate of drug-likeness (QED) is 0.0766. The van der Waals surface area contributed by atoms with Crippen molar-refractivity contribution in [1.29, 1.82) is 0 Å². The number of hydrogen-bond acceptors (Lipinski definition) is 12. The van der Waals surface area contributed by atoms with Crippen molar-refractivity contribution >= 4 is 107 Å². The number of anilines is 2. The first-order valence-electron chi connectivity index (χ1n) is 25.0. The van der Waals surface area contributed by atoms with Crippen LogP contribution in [0.25, 0.3) is 5.57 Å². The lowest BCUT2D eigenvalue weighted by molar-refractivity contribution is -0.0451. The second-order valence-electron chi connectivity index (χ2n) is 20.9. The number of amides is 2. The van der Waals surface area contributed by atoms with Gasteiger partial charge in [0.2, 0.25) is 3.79 Å². The summed E-state index contributed by atoms with van der Waals surface area (Å²) in [5.41, 5.74) is -1.24. The van der Waals surface area contributed by atoms with Crippen LogP contribution in [0.3, 0.4) is 0 Å². The summed E-state index contributed by atoms with van der Waals surface area (Å²) in [6.45, 7) is 11.0. The molecule has 3 heterocycles. The number of carbonyl (C=O) groups is 2. The summed E-state index contributed by atoms with van der Waals surface area (Å²) in [4.78, 5) is 33.1. The molecular formula is C53H61Cl4F3N6O7S3. The number of rotatable bonds is 17. The van der Waals surface area contributed by atoms with E-state index in [0.717, 1.165) is 74.7 Å². The van der Waals surface area contributed by atoms with E-state index in [1.54, 1.807) is 17.0 Å². The Balaban J connectivity index is 0.904. The largest absolute Gasteiger partial charge is 0.501 e. The number of piperazine rings is 1. The van der Waals surface area contributed by atoms with Gasteiger partial charge >= 0.3 is 11.6 Å². The molecule has 3 saturated heterocycles. The van der Waals surface area contributed by atoms with Crippen LogP contribution < -0.4 is 14.9 Å². The normalized spacial score (nSPS) is 19.0. The van der Waals surface area contributed by atoms with Crippen molar-refractivity contribution < 1.29 is 44.3 Å². The van der Waals surface area contributed by atoms with Crippen molar-refractivity contribution in [3.05, 3.63) is 119 Å². The predicted molar refractivity (Wildman–Crippen MR) is 296 cm³/mol. The van der Waals surface area contributed by atoms with E-state index < -0.39 is 62.7 Å². The minimum absolute atomic E-state index is 0.0234. The van der Waals surface area contributed by atoms with Crippen LogP contribution in [0, 0.1) is 10.8 Å². The Morgan fingerprint density at radius 2 is 1.47 bits per heavy atom. The zero-order chi connectivity index (χ0) is 54.7. The third kappa shape index (κ3) is 14.8. The molecule has 3 aliphatic heterocycles. The first-order chi connectivity index (χ1) is 35.8. The van der Waals surface area contributed by atoms with Gasteiger partial charge in [0.1, 0.15) is 11.5 Å². The number of allylic oxidation sites excluding steroid dienone is 1. The van der Waals surface area contributed by atoms with E-state index in [1.165, 1.54) is 40.6 Å². The number of likely N-dealkylation sites (tertiary alicyclic amines) is 2. The molecule has 2 N–H and O–H groups in total. The Kier molecular flexibility index (Phi) is 18.2. The number of sulfonamides is 1. The van der Waals surface area contributed by atoms with Crippen LogP contribution in [0.15, 0.2) is 117 Å². The second-order valence-corrected chi connectivity index (χ2v) is 28.5. The highest BCUT2D eigenvalue weighted by atomic mass is 35.6. The molecule has 0 saturated carbocycles. The number of alkyl halides is 6. The highest BCUT2D eigenvalue weighted by Crippen LogP contribution is 2.44. The van der Waals surface area contributed by atoms with Gasteiger partial charge in [-0.15, -0.1) is 11.8 Å². The lowest BCUT2D eigenvalue weighted by Crippen LogP contribution is -2.61. The number of sulfone groups is 1. The summed E-state index contributed by atoms with van der Waals surface area (Å²) in [6, 6.07) is 25.5. The molecule has 23 heteroatoms. The molecule has 4 aliphatic rings. The summed E-state index contributed by atoms with van der Waals surface area (Å²) >= 11 is 24.8. The van der Waals surface area contributed by atoms with E-state index in [1.807, 2.05) is 47.2 Å². The number of hydrogen-bond donors (Lipinski definition) is 2. The van der Waals surface area contributed by atoms with Gasteiger partial charge in [0.25, 0.3) is 25.8 Å². The molecule has 13 nitrogen and oxygen atoms in total. The minimum atomic E-state index is -6.12. The number of nitrogens with zero attached hydrogens (tertiary/aromatic N) is 4. The zero-order valence-electron chi connectivity index (χ0n) is 42.1. The molecule has 76 heavy (non-hydrogen) atoms. The molecule has 0 bridgehead atoms. The number of piperidine rings is 1. The molecule has 4 aromatic carbocycles. The molecule has 1 spiro atoms. The minimum Gasteiger partial charge on any atom is -0.445 e. The first-order valence-corrected chi connectivity index (χ1v) is 30.5. The maximum absolute atomic E-state index is 14.4. The molecule has 0 aromatic heterocycles. The van der Waals surface area contributed by atoms with Crippen molar-refractivity contribution in [3.63, 3.8) is 0 Å². The van der Waals surface area contributed by atoms with E-state index >= 15 is 0 Å². The highest BCUT2D eigenvalue weighted by molar-refractivity contribution is 7.99. The zero-order valence-corrected chi connectivity index (χ0v) is 47.5. The molecule has 0 unspecified atom stereocenters. The molecule has 412 valence electrons. The van der Waals surface area contributed by atoms with E-state index in [9.17, 15) is 39.6 Å².